The fourth-order valence-corrected chi connectivity index (χ4v) is 5.81. The molecular weight excluding hydrogens is 520 g/mol. The Hall–Kier alpha value is -3.35. The van der Waals surface area contributed by atoms with E-state index in [9.17, 15) is 9.59 Å². The van der Waals surface area contributed by atoms with E-state index in [1.165, 1.54) is 11.3 Å². The third-order valence-corrected chi connectivity index (χ3v) is 8.26. The summed E-state index contributed by atoms with van der Waals surface area (Å²) in [4.78, 5) is 31.0. The number of nitrogens with zero attached hydrogens (tertiary/aromatic N) is 3. The Labute approximate surface area is 243 Å². The van der Waals surface area contributed by atoms with Crippen LogP contribution in [0.1, 0.15) is 50.5 Å². The lowest BCUT2D eigenvalue weighted by molar-refractivity contribution is -0.109. The van der Waals surface area contributed by atoms with Gasteiger partial charge >= 0.3 is 0 Å². The minimum absolute atomic E-state index is 0.0545. The quantitative estimate of drug-likeness (QED) is 0.311. The van der Waals surface area contributed by atoms with E-state index in [2.05, 4.69) is 51.5 Å². The zero-order valence-electron chi connectivity index (χ0n) is 24.1. The number of carbonyl (C=O) groups excluding carboxylic acids is 2. The molecule has 0 spiro atoms. The van der Waals surface area contributed by atoms with Crippen molar-refractivity contribution in [3.05, 3.63) is 99.1 Å². The maximum Gasteiger partial charge on any atom is 0.253 e. The molecule has 0 saturated carbocycles. The highest BCUT2D eigenvalue weighted by atomic mass is 35.5. The molecule has 40 heavy (non-hydrogen) atoms. The van der Waals surface area contributed by atoms with Crippen LogP contribution in [0.5, 0.6) is 0 Å². The fraction of sp³-hybridized carbons (Fsp3) is 0.394. The van der Waals surface area contributed by atoms with Crippen LogP contribution in [-0.4, -0.2) is 68.4 Å². The van der Waals surface area contributed by atoms with E-state index < -0.39 is 0 Å². The first-order valence-corrected chi connectivity index (χ1v) is 14.4. The summed E-state index contributed by atoms with van der Waals surface area (Å²) in [7, 11) is 1.91. The summed E-state index contributed by atoms with van der Waals surface area (Å²) >= 11 is 6.35. The number of piperazine rings is 1. The molecule has 1 atom stereocenters. The highest BCUT2D eigenvalue weighted by Gasteiger charge is 2.23. The molecule has 1 N–H and O–H groups in total. The van der Waals surface area contributed by atoms with Crippen LogP contribution in [0.3, 0.4) is 0 Å². The number of hydrogen-bond acceptors (Lipinski definition) is 4. The number of nitrogens with one attached hydrogen (secondary N) is 1. The number of halogens is 1. The molecular formula is C33H41ClN4O2. The molecule has 3 aromatic rings. The third kappa shape index (κ3) is 7.64. The minimum Gasteiger partial charge on any atom is -0.369 e. The van der Waals surface area contributed by atoms with Crippen LogP contribution in [0.25, 0.3) is 0 Å². The van der Waals surface area contributed by atoms with Crippen LogP contribution < -0.4 is 10.2 Å². The van der Waals surface area contributed by atoms with Gasteiger partial charge in [-0.1, -0.05) is 59.1 Å². The van der Waals surface area contributed by atoms with Crippen LogP contribution in [0.4, 0.5) is 5.69 Å². The predicted molar refractivity (Wildman–Crippen MR) is 164 cm³/mol. The Kier molecular flexibility index (Phi) is 10.2. The van der Waals surface area contributed by atoms with Gasteiger partial charge in [0, 0.05) is 68.5 Å². The number of aryl methyl sites for hydroxylation is 3. The summed E-state index contributed by atoms with van der Waals surface area (Å²) in [6.07, 6.45) is 1.70. The second-order valence-electron chi connectivity index (χ2n) is 11.0. The van der Waals surface area contributed by atoms with Crippen molar-refractivity contribution in [1.82, 2.24) is 15.1 Å². The number of carbonyl (C=O) groups is 2. The van der Waals surface area contributed by atoms with E-state index in [4.69, 9.17) is 11.6 Å². The van der Waals surface area contributed by atoms with Crippen molar-refractivity contribution in [2.45, 2.75) is 39.7 Å². The molecule has 7 heteroatoms. The van der Waals surface area contributed by atoms with E-state index in [1.54, 1.807) is 0 Å². The molecule has 1 aliphatic rings. The summed E-state index contributed by atoms with van der Waals surface area (Å²) in [6.45, 7) is 12.1. The zero-order chi connectivity index (χ0) is 28.6. The van der Waals surface area contributed by atoms with Gasteiger partial charge in [0.2, 0.25) is 6.41 Å². The summed E-state index contributed by atoms with van der Waals surface area (Å²) in [5, 5.41) is 3.56. The van der Waals surface area contributed by atoms with Crippen molar-refractivity contribution in [2.24, 2.45) is 0 Å². The van der Waals surface area contributed by atoms with Gasteiger partial charge in [0.15, 0.2) is 0 Å². The molecule has 4 rings (SSSR count). The van der Waals surface area contributed by atoms with Gasteiger partial charge < -0.3 is 15.1 Å². The third-order valence-electron chi connectivity index (χ3n) is 7.84. The van der Waals surface area contributed by atoms with Crippen molar-refractivity contribution in [3.8, 4) is 0 Å². The van der Waals surface area contributed by atoms with Gasteiger partial charge in [-0.25, -0.2) is 0 Å². The first kappa shape index (κ1) is 29.6. The smallest absolute Gasteiger partial charge is 0.253 e. The molecule has 1 saturated heterocycles. The van der Waals surface area contributed by atoms with Gasteiger partial charge in [-0.2, -0.15) is 0 Å². The minimum atomic E-state index is 0.0545. The Morgan fingerprint density at radius 3 is 2.38 bits per heavy atom. The number of benzene rings is 3. The van der Waals surface area contributed by atoms with Gasteiger partial charge in [-0.3, -0.25) is 14.5 Å². The SMILES string of the molecule is Cc1cc(C)cc(C(=O)N(C)C[C@@H](CCN2CCN(c3ccccc3CNC=O)CC2)c2ccc(Cl)c(C)c2)c1. The first-order valence-electron chi connectivity index (χ1n) is 14.1. The highest BCUT2D eigenvalue weighted by molar-refractivity contribution is 6.31. The van der Waals surface area contributed by atoms with E-state index >= 15 is 0 Å². The predicted octanol–water partition coefficient (Wildman–Crippen LogP) is 5.58. The lowest BCUT2D eigenvalue weighted by Crippen LogP contribution is -2.47. The number of rotatable bonds is 11. The van der Waals surface area contributed by atoms with Crippen LogP contribution in [0, 0.1) is 20.8 Å². The van der Waals surface area contributed by atoms with E-state index in [-0.39, 0.29) is 11.8 Å². The van der Waals surface area contributed by atoms with Crippen molar-refractivity contribution in [2.75, 3.05) is 51.2 Å². The Morgan fingerprint density at radius 1 is 1.00 bits per heavy atom. The van der Waals surface area contributed by atoms with Crippen molar-refractivity contribution < 1.29 is 9.59 Å². The number of para-hydroxylation sites is 1. The summed E-state index contributed by atoms with van der Waals surface area (Å²) in [5.74, 6) is 0.253. The van der Waals surface area contributed by atoms with Crippen molar-refractivity contribution >= 4 is 29.6 Å². The van der Waals surface area contributed by atoms with Crippen LogP contribution >= 0.6 is 11.6 Å². The average molecular weight is 561 g/mol. The molecule has 0 unspecified atom stereocenters. The average Bonchev–Trinajstić information content (AvgIpc) is 2.95. The fourth-order valence-electron chi connectivity index (χ4n) is 5.69. The molecule has 1 aliphatic heterocycles. The second-order valence-corrected chi connectivity index (χ2v) is 11.4. The highest BCUT2D eigenvalue weighted by Crippen LogP contribution is 2.27. The van der Waals surface area contributed by atoms with Crippen LogP contribution in [-0.2, 0) is 11.3 Å². The van der Waals surface area contributed by atoms with Gasteiger partial charge in [0.05, 0.1) is 0 Å². The first-order chi connectivity index (χ1) is 19.2. The Bertz CT molecular complexity index is 1300. The molecule has 1 heterocycles. The topological polar surface area (TPSA) is 55.9 Å². The molecule has 0 bridgehead atoms. The lowest BCUT2D eigenvalue weighted by Gasteiger charge is -2.37. The molecule has 212 valence electrons. The van der Waals surface area contributed by atoms with Gasteiger partial charge in [0.1, 0.15) is 0 Å². The molecule has 0 aromatic heterocycles. The number of hydrogen-bond donors (Lipinski definition) is 1. The van der Waals surface area contributed by atoms with Crippen LogP contribution in [0.15, 0.2) is 60.7 Å². The molecule has 6 nitrogen and oxygen atoms in total. The standard InChI is InChI=1S/C33H41ClN4O2/c1-24-17-25(2)19-30(18-24)33(40)36(4)22-29(27-9-10-31(34)26(3)20-27)11-12-37-13-15-38(16-14-37)32-8-6-5-7-28(32)21-35-23-39/h5-10,17-20,23,29H,11-16,21-22H2,1-4H3,(H,35,39)/t29-/m1/s1. The molecule has 0 aliphatic carbocycles. The van der Waals surface area contributed by atoms with E-state index in [0.717, 1.165) is 78.4 Å². The maximum absolute atomic E-state index is 13.4. The molecule has 3 aromatic carbocycles. The van der Waals surface area contributed by atoms with E-state index in [0.29, 0.717) is 13.1 Å². The summed E-state index contributed by atoms with van der Waals surface area (Å²) < 4.78 is 0. The second kappa shape index (κ2) is 13.8. The monoisotopic (exact) mass is 560 g/mol. The van der Waals surface area contributed by atoms with E-state index in [1.807, 2.05) is 57.0 Å². The Morgan fingerprint density at radius 2 is 1.70 bits per heavy atom. The maximum atomic E-state index is 13.4. The molecule has 2 amide bonds. The van der Waals surface area contributed by atoms with Crippen LogP contribution in [0.2, 0.25) is 5.02 Å². The van der Waals surface area contributed by atoms with Gasteiger partial charge in [-0.15, -0.1) is 0 Å². The van der Waals surface area contributed by atoms with Crippen molar-refractivity contribution in [3.63, 3.8) is 0 Å². The van der Waals surface area contributed by atoms with Crippen molar-refractivity contribution in [1.29, 1.82) is 0 Å². The van der Waals surface area contributed by atoms with Gasteiger partial charge in [0.25, 0.3) is 5.91 Å². The lowest BCUT2D eigenvalue weighted by atomic mass is 9.93. The van der Waals surface area contributed by atoms with Gasteiger partial charge in [-0.05, 0) is 74.7 Å². The summed E-state index contributed by atoms with van der Waals surface area (Å²) in [5.41, 5.74) is 7.55. The Balaban J connectivity index is 1.42. The molecule has 1 fully saturated rings. The zero-order valence-corrected chi connectivity index (χ0v) is 24.9. The molecule has 0 radical (unpaired) electrons. The number of anilines is 1. The number of amides is 2. The normalized spacial score (nSPS) is 14.6. The largest absolute Gasteiger partial charge is 0.369 e. The number of likely N-dealkylation sites (N-methyl/N-ethyl adjacent to an activating group) is 1. The summed E-state index contributed by atoms with van der Waals surface area (Å²) in [6, 6.07) is 20.6.